The zero-order valence-electron chi connectivity index (χ0n) is 17.6. The summed E-state index contributed by atoms with van der Waals surface area (Å²) in [7, 11) is 0. The number of hydrogen-bond donors (Lipinski definition) is 1. The zero-order valence-corrected chi connectivity index (χ0v) is 17.6. The summed E-state index contributed by atoms with van der Waals surface area (Å²) in [5.41, 5.74) is 2.89. The van der Waals surface area contributed by atoms with E-state index in [9.17, 15) is 4.79 Å². The molecule has 0 aliphatic carbocycles. The van der Waals surface area contributed by atoms with Crippen molar-refractivity contribution in [2.45, 2.75) is 19.4 Å². The van der Waals surface area contributed by atoms with E-state index in [1.807, 2.05) is 78.9 Å². The number of hydrogen-bond acceptors (Lipinski definition) is 5. The molecule has 0 saturated carbocycles. The Balaban J connectivity index is 1.23. The van der Waals surface area contributed by atoms with Crippen LogP contribution in [0.5, 0.6) is 17.2 Å². The first kappa shape index (κ1) is 19.9. The number of nitrogens with one attached hydrogen (secondary N) is 1. The maximum atomic E-state index is 12.9. The summed E-state index contributed by atoms with van der Waals surface area (Å²) in [4.78, 5) is 12.9. The molecule has 3 aromatic carbocycles. The summed E-state index contributed by atoms with van der Waals surface area (Å²) in [6, 6.07) is 25.0. The summed E-state index contributed by atoms with van der Waals surface area (Å²) in [6.07, 6.45) is 0.539. The highest BCUT2D eigenvalue weighted by atomic mass is 16.5. The number of para-hydroxylation sites is 1. The molecule has 6 nitrogen and oxygen atoms in total. The van der Waals surface area contributed by atoms with Crippen LogP contribution in [0.25, 0.3) is 11.3 Å². The molecular weight excluding hydrogens is 404 g/mol. The molecule has 2 heterocycles. The first-order valence-electron chi connectivity index (χ1n) is 10.5. The van der Waals surface area contributed by atoms with E-state index in [-0.39, 0.29) is 12.0 Å². The minimum absolute atomic E-state index is 0.152. The van der Waals surface area contributed by atoms with Crippen LogP contribution in [0.3, 0.4) is 0 Å². The first-order chi connectivity index (χ1) is 15.7. The summed E-state index contributed by atoms with van der Waals surface area (Å²) in [5.74, 6) is 2.62. The minimum Gasteiger partial charge on any atom is -0.488 e. The molecule has 6 heteroatoms. The molecule has 0 saturated heterocycles. The monoisotopic (exact) mass is 426 g/mol. The third-order valence-corrected chi connectivity index (χ3v) is 5.38. The predicted octanol–water partition coefficient (Wildman–Crippen LogP) is 5.18. The minimum atomic E-state index is -0.227. The molecule has 5 rings (SSSR count). The van der Waals surface area contributed by atoms with Crippen molar-refractivity contribution in [1.29, 1.82) is 0 Å². The summed E-state index contributed by atoms with van der Waals surface area (Å²) < 4.78 is 17.2. The van der Waals surface area contributed by atoms with Crippen molar-refractivity contribution < 1.29 is 18.8 Å². The molecule has 0 spiro atoms. The molecule has 1 aliphatic heterocycles. The van der Waals surface area contributed by atoms with E-state index in [0.29, 0.717) is 30.0 Å². The second kappa shape index (κ2) is 8.59. The van der Waals surface area contributed by atoms with Gasteiger partial charge in [-0.05, 0) is 37.3 Å². The SMILES string of the molecule is Cc1onc(-c2ccccc2)c1C(=O)NCC1Cc2cc(Oc3ccccc3)ccc2O1. The number of amides is 1. The lowest BCUT2D eigenvalue weighted by molar-refractivity contribution is 0.0932. The Bertz CT molecular complexity index is 1240. The van der Waals surface area contributed by atoms with Crippen molar-refractivity contribution in [2.24, 2.45) is 0 Å². The number of carbonyl (C=O) groups is 1. The molecule has 1 N–H and O–H groups in total. The van der Waals surface area contributed by atoms with E-state index >= 15 is 0 Å². The molecule has 32 heavy (non-hydrogen) atoms. The third-order valence-electron chi connectivity index (χ3n) is 5.38. The third kappa shape index (κ3) is 4.07. The fourth-order valence-corrected chi connectivity index (χ4v) is 3.83. The molecule has 1 unspecified atom stereocenters. The van der Waals surface area contributed by atoms with Gasteiger partial charge in [-0.1, -0.05) is 53.7 Å². The van der Waals surface area contributed by atoms with E-state index in [0.717, 1.165) is 28.4 Å². The van der Waals surface area contributed by atoms with Crippen molar-refractivity contribution in [2.75, 3.05) is 6.54 Å². The molecule has 0 bridgehead atoms. The van der Waals surface area contributed by atoms with Gasteiger partial charge in [0.05, 0.1) is 6.54 Å². The van der Waals surface area contributed by atoms with Crippen molar-refractivity contribution >= 4 is 5.91 Å². The lowest BCUT2D eigenvalue weighted by Crippen LogP contribution is -2.34. The average molecular weight is 426 g/mol. The van der Waals surface area contributed by atoms with E-state index in [4.69, 9.17) is 14.0 Å². The van der Waals surface area contributed by atoms with Crippen LogP contribution in [0.15, 0.2) is 83.4 Å². The van der Waals surface area contributed by atoms with Crippen LogP contribution < -0.4 is 14.8 Å². The molecule has 0 fully saturated rings. The van der Waals surface area contributed by atoms with Crippen molar-refractivity contribution in [3.63, 3.8) is 0 Å². The quantitative estimate of drug-likeness (QED) is 0.460. The van der Waals surface area contributed by atoms with E-state index < -0.39 is 0 Å². The van der Waals surface area contributed by atoms with Gasteiger partial charge in [-0.15, -0.1) is 0 Å². The number of ether oxygens (including phenoxy) is 2. The van der Waals surface area contributed by atoms with Gasteiger partial charge in [0.15, 0.2) is 0 Å². The van der Waals surface area contributed by atoms with Crippen LogP contribution in [0, 0.1) is 6.92 Å². The van der Waals surface area contributed by atoms with E-state index in [1.54, 1.807) is 6.92 Å². The Labute approximate surface area is 185 Å². The molecule has 1 aliphatic rings. The maximum Gasteiger partial charge on any atom is 0.257 e. The predicted molar refractivity (Wildman–Crippen MR) is 120 cm³/mol. The fraction of sp³-hybridized carbons (Fsp3) is 0.154. The summed E-state index contributed by atoms with van der Waals surface area (Å²) in [5, 5.41) is 7.05. The Morgan fingerprint density at radius 3 is 2.56 bits per heavy atom. The largest absolute Gasteiger partial charge is 0.488 e. The number of rotatable bonds is 6. The van der Waals surface area contributed by atoms with Crippen molar-refractivity contribution in [3.8, 4) is 28.5 Å². The number of nitrogens with zero attached hydrogens (tertiary/aromatic N) is 1. The Morgan fingerprint density at radius 2 is 1.78 bits per heavy atom. The van der Waals surface area contributed by atoms with Crippen molar-refractivity contribution in [3.05, 3.63) is 95.7 Å². The molecule has 1 amide bonds. The molecule has 4 aromatic rings. The topological polar surface area (TPSA) is 73.6 Å². The van der Waals surface area contributed by atoms with Gasteiger partial charge in [0, 0.05) is 17.5 Å². The van der Waals surface area contributed by atoms with Crippen LogP contribution in [-0.4, -0.2) is 23.7 Å². The average Bonchev–Trinajstić information content (AvgIpc) is 3.41. The first-order valence-corrected chi connectivity index (χ1v) is 10.5. The highest BCUT2D eigenvalue weighted by molar-refractivity contribution is 6.00. The molecular formula is C26H22N2O4. The number of fused-ring (bicyclic) bond motifs is 1. The molecule has 0 radical (unpaired) electrons. The molecule has 1 atom stereocenters. The van der Waals surface area contributed by atoms with Gasteiger partial charge < -0.3 is 19.3 Å². The highest BCUT2D eigenvalue weighted by Crippen LogP contribution is 2.33. The lowest BCUT2D eigenvalue weighted by Gasteiger charge is -2.12. The van der Waals surface area contributed by atoms with Gasteiger partial charge >= 0.3 is 0 Å². The van der Waals surface area contributed by atoms with Crippen LogP contribution >= 0.6 is 0 Å². The molecule has 1 aromatic heterocycles. The second-order valence-electron chi connectivity index (χ2n) is 7.67. The van der Waals surface area contributed by atoms with Gasteiger partial charge in [-0.2, -0.15) is 0 Å². The maximum absolute atomic E-state index is 12.9. The number of benzene rings is 3. The Morgan fingerprint density at radius 1 is 1.03 bits per heavy atom. The van der Waals surface area contributed by atoms with Gasteiger partial charge in [-0.25, -0.2) is 0 Å². The zero-order chi connectivity index (χ0) is 21.9. The van der Waals surface area contributed by atoms with Gasteiger partial charge in [0.25, 0.3) is 5.91 Å². The van der Waals surface area contributed by atoms with Crippen LogP contribution in [0.2, 0.25) is 0 Å². The second-order valence-corrected chi connectivity index (χ2v) is 7.67. The lowest BCUT2D eigenvalue weighted by atomic mass is 10.1. The normalized spacial score (nSPS) is 14.5. The van der Waals surface area contributed by atoms with Gasteiger partial charge in [0.1, 0.15) is 40.4 Å². The summed E-state index contributed by atoms with van der Waals surface area (Å²) in [6.45, 7) is 2.12. The molecule has 160 valence electrons. The highest BCUT2D eigenvalue weighted by Gasteiger charge is 2.26. The van der Waals surface area contributed by atoms with E-state index in [2.05, 4.69) is 10.5 Å². The van der Waals surface area contributed by atoms with Crippen LogP contribution in [0.4, 0.5) is 0 Å². The standard InChI is InChI=1S/C26H22N2O4/c1-17-24(25(28-32-17)18-8-4-2-5-9-18)26(29)27-16-22-15-19-14-21(12-13-23(19)31-22)30-20-10-6-3-7-11-20/h2-14,22H,15-16H2,1H3,(H,27,29). The van der Waals surface area contributed by atoms with Gasteiger partial charge in [-0.3, -0.25) is 4.79 Å². The van der Waals surface area contributed by atoms with Crippen LogP contribution in [0.1, 0.15) is 21.7 Å². The van der Waals surface area contributed by atoms with Crippen LogP contribution in [-0.2, 0) is 6.42 Å². The Hall–Kier alpha value is -4.06. The Kier molecular flexibility index (Phi) is 5.34. The number of aromatic nitrogens is 1. The smallest absolute Gasteiger partial charge is 0.257 e. The summed E-state index contributed by atoms with van der Waals surface area (Å²) >= 11 is 0. The van der Waals surface area contributed by atoms with E-state index in [1.165, 1.54) is 0 Å². The number of carbonyl (C=O) groups excluding carboxylic acids is 1. The van der Waals surface area contributed by atoms with Gasteiger partial charge in [0.2, 0.25) is 0 Å². The number of aryl methyl sites for hydroxylation is 1. The van der Waals surface area contributed by atoms with Crippen molar-refractivity contribution in [1.82, 2.24) is 10.5 Å². The fourth-order valence-electron chi connectivity index (χ4n) is 3.83.